The van der Waals surface area contributed by atoms with Crippen LogP contribution in [0, 0.1) is 6.92 Å². The predicted molar refractivity (Wildman–Crippen MR) is 78.0 cm³/mol. The highest BCUT2D eigenvalue weighted by Crippen LogP contribution is 2.23. The van der Waals surface area contributed by atoms with Crippen LogP contribution in [0.2, 0.25) is 0 Å². The molecule has 0 unspecified atom stereocenters. The van der Waals surface area contributed by atoms with Gasteiger partial charge in [-0.1, -0.05) is 25.7 Å². The molecule has 1 fully saturated rings. The Morgan fingerprint density at radius 1 is 1.25 bits per heavy atom. The minimum Gasteiger partial charge on any atom is -0.464 e. The number of aryl methyl sites for hydroxylation is 1. The zero-order chi connectivity index (χ0) is 14.6. The summed E-state index contributed by atoms with van der Waals surface area (Å²) in [5, 5.41) is 2.96. The van der Waals surface area contributed by atoms with Crippen molar-refractivity contribution in [1.82, 2.24) is 10.0 Å². The highest BCUT2D eigenvalue weighted by molar-refractivity contribution is 7.89. The van der Waals surface area contributed by atoms with Crippen LogP contribution < -0.4 is 10.0 Å². The second-order valence-electron chi connectivity index (χ2n) is 5.47. The average molecular weight is 300 g/mol. The molecule has 0 spiro atoms. The number of rotatable bonds is 5. The second kappa shape index (κ2) is 6.74. The van der Waals surface area contributed by atoms with E-state index in [-0.39, 0.29) is 10.9 Å². The monoisotopic (exact) mass is 300 g/mol. The van der Waals surface area contributed by atoms with Gasteiger partial charge < -0.3 is 9.73 Å². The minimum atomic E-state index is -3.48. The van der Waals surface area contributed by atoms with E-state index < -0.39 is 10.0 Å². The van der Waals surface area contributed by atoms with Gasteiger partial charge in [0.15, 0.2) is 0 Å². The fraction of sp³-hybridized carbons (Fsp3) is 0.714. The lowest BCUT2D eigenvalue weighted by molar-refractivity contribution is 0.464. The van der Waals surface area contributed by atoms with Gasteiger partial charge in [-0.25, -0.2) is 13.1 Å². The van der Waals surface area contributed by atoms with Crippen molar-refractivity contribution in [2.75, 3.05) is 7.05 Å². The van der Waals surface area contributed by atoms with Crippen LogP contribution in [0.1, 0.15) is 50.0 Å². The molecule has 0 amide bonds. The maximum absolute atomic E-state index is 12.5. The van der Waals surface area contributed by atoms with Crippen molar-refractivity contribution in [3.05, 3.63) is 17.6 Å². The Bertz CT molecular complexity index is 529. The quantitative estimate of drug-likeness (QED) is 0.819. The number of furan rings is 1. The third kappa shape index (κ3) is 3.84. The zero-order valence-electron chi connectivity index (χ0n) is 12.2. The third-order valence-electron chi connectivity index (χ3n) is 3.74. The highest BCUT2D eigenvalue weighted by Gasteiger charge is 2.25. The Balaban J connectivity index is 2.12. The molecule has 20 heavy (non-hydrogen) atoms. The topological polar surface area (TPSA) is 71.3 Å². The van der Waals surface area contributed by atoms with Gasteiger partial charge in [0, 0.05) is 12.1 Å². The van der Waals surface area contributed by atoms with Gasteiger partial charge in [0.05, 0.1) is 6.54 Å². The fourth-order valence-electron chi connectivity index (χ4n) is 2.73. The van der Waals surface area contributed by atoms with Crippen LogP contribution >= 0.6 is 0 Å². The Morgan fingerprint density at radius 3 is 2.50 bits per heavy atom. The normalized spacial score (nSPS) is 18.1. The molecule has 1 aliphatic rings. The first-order valence-corrected chi connectivity index (χ1v) is 8.77. The van der Waals surface area contributed by atoms with Gasteiger partial charge in [-0.3, -0.25) is 0 Å². The van der Waals surface area contributed by atoms with Gasteiger partial charge in [-0.15, -0.1) is 0 Å². The molecule has 0 saturated heterocycles. The summed E-state index contributed by atoms with van der Waals surface area (Å²) >= 11 is 0. The molecule has 0 aromatic carbocycles. The molecule has 1 aliphatic carbocycles. The van der Waals surface area contributed by atoms with E-state index in [2.05, 4.69) is 10.0 Å². The van der Waals surface area contributed by atoms with Crippen LogP contribution in [0.25, 0.3) is 0 Å². The van der Waals surface area contributed by atoms with Crippen LogP contribution in [-0.4, -0.2) is 21.5 Å². The largest absolute Gasteiger partial charge is 0.464 e. The summed E-state index contributed by atoms with van der Waals surface area (Å²) in [6.07, 6.45) is 6.47. The van der Waals surface area contributed by atoms with Crippen LogP contribution in [0.5, 0.6) is 0 Å². The van der Waals surface area contributed by atoms with Crippen molar-refractivity contribution in [1.29, 1.82) is 0 Å². The van der Waals surface area contributed by atoms with Crippen LogP contribution in [0.3, 0.4) is 0 Å². The molecule has 114 valence electrons. The lowest BCUT2D eigenvalue weighted by Crippen LogP contribution is -2.34. The van der Waals surface area contributed by atoms with Crippen molar-refractivity contribution in [2.24, 2.45) is 0 Å². The molecular weight excluding hydrogens is 276 g/mol. The van der Waals surface area contributed by atoms with E-state index in [4.69, 9.17) is 4.42 Å². The first kappa shape index (κ1) is 15.5. The van der Waals surface area contributed by atoms with Gasteiger partial charge >= 0.3 is 0 Å². The molecule has 0 aliphatic heterocycles. The van der Waals surface area contributed by atoms with Crippen molar-refractivity contribution in [3.8, 4) is 0 Å². The average Bonchev–Trinajstić information content (AvgIpc) is 2.60. The molecule has 0 atom stereocenters. The smallest absolute Gasteiger partial charge is 0.244 e. The Kier molecular flexibility index (Phi) is 5.23. The van der Waals surface area contributed by atoms with Crippen LogP contribution in [0.4, 0.5) is 0 Å². The highest BCUT2D eigenvalue weighted by atomic mass is 32.2. The molecule has 6 heteroatoms. The Labute approximate surface area is 121 Å². The van der Waals surface area contributed by atoms with E-state index in [1.807, 2.05) is 0 Å². The molecular formula is C14H24N2O3S. The molecule has 5 nitrogen and oxygen atoms in total. The third-order valence-corrected chi connectivity index (χ3v) is 5.37. The van der Waals surface area contributed by atoms with Crippen molar-refractivity contribution < 1.29 is 12.8 Å². The SMILES string of the molecule is CNCc1cc(S(=O)(=O)NC2CCCCCC2)c(C)o1. The van der Waals surface area contributed by atoms with Gasteiger partial charge in [0.2, 0.25) is 10.0 Å². The van der Waals surface area contributed by atoms with E-state index in [1.54, 1.807) is 20.0 Å². The summed E-state index contributed by atoms with van der Waals surface area (Å²) < 4.78 is 33.2. The summed E-state index contributed by atoms with van der Waals surface area (Å²) in [6.45, 7) is 2.22. The molecule has 1 saturated carbocycles. The number of hydrogen-bond acceptors (Lipinski definition) is 4. The fourth-order valence-corrected chi connectivity index (χ4v) is 4.24. The first-order valence-electron chi connectivity index (χ1n) is 7.29. The second-order valence-corrected chi connectivity index (χ2v) is 7.16. The van der Waals surface area contributed by atoms with Gasteiger partial charge in [0.25, 0.3) is 0 Å². The molecule has 1 aromatic heterocycles. The number of sulfonamides is 1. The molecule has 0 bridgehead atoms. The Hall–Kier alpha value is -0.850. The molecule has 2 rings (SSSR count). The maximum atomic E-state index is 12.5. The van der Waals surface area contributed by atoms with Gasteiger partial charge in [-0.2, -0.15) is 0 Å². The first-order chi connectivity index (χ1) is 9.53. The lowest BCUT2D eigenvalue weighted by atomic mass is 10.1. The Morgan fingerprint density at radius 2 is 1.90 bits per heavy atom. The van der Waals surface area contributed by atoms with E-state index in [0.717, 1.165) is 25.7 Å². The van der Waals surface area contributed by atoms with E-state index in [0.29, 0.717) is 18.1 Å². The molecule has 0 radical (unpaired) electrons. The molecule has 1 heterocycles. The summed E-state index contributed by atoms with van der Waals surface area (Å²) in [5.41, 5.74) is 0. The summed E-state index contributed by atoms with van der Waals surface area (Å²) in [5.74, 6) is 1.10. The number of nitrogens with one attached hydrogen (secondary N) is 2. The summed E-state index contributed by atoms with van der Waals surface area (Å²) in [6, 6.07) is 1.68. The summed E-state index contributed by atoms with van der Waals surface area (Å²) in [7, 11) is -1.67. The van der Waals surface area contributed by atoms with Crippen LogP contribution in [0.15, 0.2) is 15.4 Å². The molecule has 1 aromatic rings. The number of hydrogen-bond donors (Lipinski definition) is 2. The van der Waals surface area contributed by atoms with Crippen molar-refractivity contribution >= 4 is 10.0 Å². The van der Waals surface area contributed by atoms with Crippen molar-refractivity contribution in [3.63, 3.8) is 0 Å². The summed E-state index contributed by atoms with van der Waals surface area (Å²) in [4.78, 5) is 0.270. The van der Waals surface area contributed by atoms with Gasteiger partial charge in [-0.05, 0) is 26.8 Å². The zero-order valence-corrected chi connectivity index (χ0v) is 13.1. The van der Waals surface area contributed by atoms with Gasteiger partial charge in [0.1, 0.15) is 16.4 Å². The minimum absolute atomic E-state index is 0.0598. The predicted octanol–water partition coefficient (Wildman–Crippen LogP) is 2.31. The van der Waals surface area contributed by atoms with E-state index in [9.17, 15) is 8.42 Å². The van der Waals surface area contributed by atoms with E-state index >= 15 is 0 Å². The molecule has 2 N–H and O–H groups in total. The lowest BCUT2D eigenvalue weighted by Gasteiger charge is -2.15. The van der Waals surface area contributed by atoms with Crippen LogP contribution in [-0.2, 0) is 16.6 Å². The van der Waals surface area contributed by atoms with E-state index in [1.165, 1.54) is 12.8 Å². The maximum Gasteiger partial charge on any atom is 0.244 e. The standard InChI is InChI=1S/C14H24N2O3S/c1-11-14(9-13(19-11)10-15-2)20(17,18)16-12-7-5-3-4-6-8-12/h9,12,15-16H,3-8,10H2,1-2H3. The van der Waals surface area contributed by atoms with Crippen molar-refractivity contribution in [2.45, 2.75) is 62.9 Å².